The van der Waals surface area contributed by atoms with Gasteiger partial charge in [-0.2, -0.15) is 5.10 Å². The lowest BCUT2D eigenvalue weighted by Crippen LogP contribution is -2.29. The second-order valence-electron chi connectivity index (χ2n) is 5.15. The van der Waals surface area contributed by atoms with Crippen LogP contribution in [0.25, 0.3) is 0 Å². The zero-order valence-corrected chi connectivity index (χ0v) is 12.5. The number of halogens is 2. The molecule has 0 radical (unpaired) electrons. The zero-order chi connectivity index (χ0) is 16.3. The highest BCUT2D eigenvalue weighted by molar-refractivity contribution is 6.01. The molecule has 2 rings (SSSR count). The van der Waals surface area contributed by atoms with Gasteiger partial charge in [0, 0.05) is 23.9 Å². The maximum atomic E-state index is 13.9. The van der Waals surface area contributed by atoms with E-state index < -0.39 is 17.5 Å². The first kappa shape index (κ1) is 15.9. The summed E-state index contributed by atoms with van der Waals surface area (Å²) in [6.07, 6.45) is 4.50. The molecule has 0 spiro atoms. The van der Waals surface area contributed by atoms with Gasteiger partial charge in [-0.15, -0.1) is 0 Å². The molecule has 1 amide bonds. The molecule has 6 heteroatoms. The van der Waals surface area contributed by atoms with Gasteiger partial charge in [0.25, 0.3) is 5.91 Å². The standard InChI is InChI=1S/C16H17F2N3O/c1-4-16(22)20(15-6-5-13(17)7-14(15)18)9-12-8-19-21(10-12)11(2)3/h4-8,10-11H,1,9H2,2-3H3. The van der Waals surface area contributed by atoms with Crippen molar-refractivity contribution in [3.63, 3.8) is 0 Å². The third-order valence-corrected chi connectivity index (χ3v) is 3.17. The van der Waals surface area contributed by atoms with Gasteiger partial charge >= 0.3 is 0 Å². The van der Waals surface area contributed by atoms with E-state index in [1.165, 1.54) is 11.0 Å². The van der Waals surface area contributed by atoms with E-state index in [4.69, 9.17) is 0 Å². The second kappa shape index (κ2) is 6.51. The fourth-order valence-corrected chi connectivity index (χ4v) is 2.02. The summed E-state index contributed by atoms with van der Waals surface area (Å²) in [5, 5.41) is 4.18. The lowest BCUT2D eigenvalue weighted by molar-refractivity contribution is -0.114. The highest BCUT2D eigenvalue weighted by atomic mass is 19.1. The molecule has 2 aromatic rings. The van der Waals surface area contributed by atoms with Crippen LogP contribution in [-0.4, -0.2) is 15.7 Å². The maximum absolute atomic E-state index is 13.9. The van der Waals surface area contributed by atoms with Crippen LogP contribution in [0.4, 0.5) is 14.5 Å². The number of rotatable bonds is 5. The average molecular weight is 305 g/mol. The van der Waals surface area contributed by atoms with Crippen molar-refractivity contribution >= 4 is 11.6 Å². The van der Waals surface area contributed by atoms with Gasteiger partial charge in [0.05, 0.1) is 18.4 Å². The lowest BCUT2D eigenvalue weighted by Gasteiger charge is -2.21. The van der Waals surface area contributed by atoms with Gasteiger partial charge in [0.2, 0.25) is 0 Å². The Balaban J connectivity index is 2.33. The fourth-order valence-electron chi connectivity index (χ4n) is 2.02. The van der Waals surface area contributed by atoms with Crippen molar-refractivity contribution in [2.24, 2.45) is 0 Å². The molecule has 0 saturated carbocycles. The number of anilines is 1. The summed E-state index contributed by atoms with van der Waals surface area (Å²) in [6.45, 7) is 7.50. The fraction of sp³-hybridized carbons (Fsp3) is 0.250. The number of hydrogen-bond acceptors (Lipinski definition) is 2. The van der Waals surface area contributed by atoms with E-state index in [9.17, 15) is 13.6 Å². The second-order valence-corrected chi connectivity index (χ2v) is 5.15. The molecule has 116 valence electrons. The van der Waals surface area contributed by atoms with Gasteiger partial charge in [-0.05, 0) is 32.1 Å². The SMILES string of the molecule is C=CC(=O)N(Cc1cnn(C(C)C)c1)c1ccc(F)cc1F. The lowest BCUT2D eigenvalue weighted by atomic mass is 10.2. The van der Waals surface area contributed by atoms with Crippen LogP contribution in [0.1, 0.15) is 25.5 Å². The number of hydrogen-bond donors (Lipinski definition) is 0. The average Bonchev–Trinajstić information content (AvgIpc) is 2.93. The highest BCUT2D eigenvalue weighted by Gasteiger charge is 2.18. The Morgan fingerprint density at radius 2 is 2.18 bits per heavy atom. The molecule has 0 aliphatic rings. The van der Waals surface area contributed by atoms with E-state index in [0.717, 1.165) is 23.8 Å². The Bertz CT molecular complexity index is 694. The topological polar surface area (TPSA) is 38.1 Å². The number of benzene rings is 1. The minimum Gasteiger partial charge on any atom is -0.301 e. The van der Waals surface area contributed by atoms with Gasteiger partial charge in [-0.1, -0.05) is 6.58 Å². The molecule has 0 aliphatic heterocycles. The van der Waals surface area contributed by atoms with Crippen LogP contribution in [0, 0.1) is 11.6 Å². The maximum Gasteiger partial charge on any atom is 0.250 e. The molecule has 0 N–H and O–H groups in total. The van der Waals surface area contributed by atoms with E-state index in [2.05, 4.69) is 11.7 Å². The summed E-state index contributed by atoms with van der Waals surface area (Å²) in [5.74, 6) is -1.96. The van der Waals surface area contributed by atoms with E-state index >= 15 is 0 Å². The van der Waals surface area contributed by atoms with E-state index in [1.54, 1.807) is 17.1 Å². The van der Waals surface area contributed by atoms with Gasteiger partial charge in [0.1, 0.15) is 11.6 Å². The first-order chi connectivity index (χ1) is 10.4. The number of carbonyl (C=O) groups is 1. The molecule has 0 saturated heterocycles. The van der Waals surface area contributed by atoms with Crippen molar-refractivity contribution in [3.8, 4) is 0 Å². The third kappa shape index (κ3) is 3.39. The molecule has 1 heterocycles. The Kier molecular flexibility index (Phi) is 4.70. The predicted octanol–water partition coefficient (Wildman–Crippen LogP) is 3.46. The summed E-state index contributed by atoms with van der Waals surface area (Å²) >= 11 is 0. The summed E-state index contributed by atoms with van der Waals surface area (Å²) in [7, 11) is 0. The largest absolute Gasteiger partial charge is 0.301 e. The van der Waals surface area contributed by atoms with Crippen molar-refractivity contribution < 1.29 is 13.6 Å². The van der Waals surface area contributed by atoms with Gasteiger partial charge < -0.3 is 4.90 Å². The van der Waals surface area contributed by atoms with Crippen molar-refractivity contribution in [1.82, 2.24) is 9.78 Å². The van der Waals surface area contributed by atoms with Crippen molar-refractivity contribution in [3.05, 3.63) is 60.4 Å². The van der Waals surface area contributed by atoms with Gasteiger partial charge in [-0.25, -0.2) is 8.78 Å². The molecular formula is C16H17F2N3O. The molecule has 4 nitrogen and oxygen atoms in total. The minimum atomic E-state index is -0.800. The Morgan fingerprint density at radius 1 is 1.45 bits per heavy atom. The molecule has 0 bridgehead atoms. The molecule has 22 heavy (non-hydrogen) atoms. The number of carbonyl (C=O) groups excluding carboxylic acids is 1. The molecule has 0 fully saturated rings. The first-order valence-electron chi connectivity index (χ1n) is 6.84. The smallest absolute Gasteiger partial charge is 0.250 e. The summed E-state index contributed by atoms with van der Waals surface area (Å²) < 4.78 is 28.7. The van der Waals surface area contributed by atoms with Crippen LogP contribution in [0.2, 0.25) is 0 Å². The number of aromatic nitrogens is 2. The quantitative estimate of drug-likeness (QED) is 0.793. The molecule has 0 aliphatic carbocycles. The molecule has 1 aromatic heterocycles. The molecule has 0 unspecified atom stereocenters. The van der Waals surface area contributed by atoms with E-state index in [0.29, 0.717) is 0 Å². The number of amides is 1. The van der Waals surface area contributed by atoms with Crippen LogP contribution >= 0.6 is 0 Å². The minimum absolute atomic E-state index is 0.00333. The van der Waals surface area contributed by atoms with Crippen LogP contribution in [0.15, 0.2) is 43.2 Å². The van der Waals surface area contributed by atoms with Crippen LogP contribution in [0.5, 0.6) is 0 Å². The molecular weight excluding hydrogens is 288 g/mol. The monoisotopic (exact) mass is 305 g/mol. The Hall–Kier alpha value is -2.50. The van der Waals surface area contributed by atoms with Crippen LogP contribution in [0.3, 0.4) is 0 Å². The normalized spacial score (nSPS) is 10.8. The first-order valence-corrected chi connectivity index (χ1v) is 6.84. The van der Waals surface area contributed by atoms with Crippen LogP contribution in [-0.2, 0) is 11.3 Å². The van der Waals surface area contributed by atoms with Crippen molar-refractivity contribution in [2.75, 3.05) is 4.90 Å². The molecule has 1 aromatic carbocycles. The van der Waals surface area contributed by atoms with Gasteiger partial charge in [0.15, 0.2) is 0 Å². The van der Waals surface area contributed by atoms with E-state index in [1.807, 2.05) is 13.8 Å². The number of nitrogens with zero attached hydrogens (tertiary/aromatic N) is 3. The van der Waals surface area contributed by atoms with Crippen molar-refractivity contribution in [1.29, 1.82) is 0 Å². The Morgan fingerprint density at radius 3 is 2.73 bits per heavy atom. The predicted molar refractivity (Wildman–Crippen MR) is 80.4 cm³/mol. The van der Waals surface area contributed by atoms with Crippen LogP contribution < -0.4 is 4.90 Å². The summed E-state index contributed by atoms with van der Waals surface area (Å²) in [5.41, 5.74) is 0.747. The summed E-state index contributed by atoms with van der Waals surface area (Å²) in [4.78, 5) is 13.2. The Labute approximate surface area is 127 Å². The van der Waals surface area contributed by atoms with E-state index in [-0.39, 0.29) is 18.3 Å². The van der Waals surface area contributed by atoms with Gasteiger partial charge in [-0.3, -0.25) is 9.48 Å². The zero-order valence-electron chi connectivity index (χ0n) is 12.5. The highest BCUT2D eigenvalue weighted by Crippen LogP contribution is 2.23. The molecule has 0 atom stereocenters. The van der Waals surface area contributed by atoms with Crippen molar-refractivity contribution in [2.45, 2.75) is 26.4 Å². The summed E-state index contributed by atoms with van der Waals surface area (Å²) in [6, 6.07) is 3.27. The third-order valence-electron chi connectivity index (χ3n) is 3.17.